The van der Waals surface area contributed by atoms with Crippen molar-refractivity contribution >= 4 is 0 Å². The van der Waals surface area contributed by atoms with Crippen LogP contribution in [0.4, 0.5) is 0 Å². The van der Waals surface area contributed by atoms with Crippen LogP contribution in [0.3, 0.4) is 0 Å². The molecule has 0 fully saturated rings. The SMILES string of the molecule is CCC(C)(O)CN(C)Cc1ccncc1. The van der Waals surface area contributed by atoms with Gasteiger partial charge in [-0.15, -0.1) is 0 Å². The number of pyridine rings is 1. The molecule has 0 saturated carbocycles. The van der Waals surface area contributed by atoms with Crippen LogP contribution in [0.15, 0.2) is 24.5 Å². The van der Waals surface area contributed by atoms with Gasteiger partial charge in [0, 0.05) is 25.5 Å². The van der Waals surface area contributed by atoms with Crippen LogP contribution >= 0.6 is 0 Å². The highest BCUT2D eigenvalue weighted by Gasteiger charge is 2.19. The van der Waals surface area contributed by atoms with Crippen LogP contribution in [0.5, 0.6) is 0 Å². The highest BCUT2D eigenvalue weighted by Crippen LogP contribution is 2.11. The molecule has 1 heterocycles. The third kappa shape index (κ3) is 4.40. The van der Waals surface area contributed by atoms with Gasteiger partial charge in [0.1, 0.15) is 0 Å². The predicted octanol–water partition coefficient (Wildman–Crippen LogP) is 1.67. The van der Waals surface area contributed by atoms with Crippen LogP contribution in [0, 0.1) is 0 Å². The molecule has 1 aromatic rings. The van der Waals surface area contributed by atoms with E-state index in [-0.39, 0.29) is 0 Å². The molecule has 0 aliphatic heterocycles. The number of hydrogen-bond acceptors (Lipinski definition) is 3. The van der Waals surface area contributed by atoms with Crippen molar-refractivity contribution in [1.82, 2.24) is 9.88 Å². The van der Waals surface area contributed by atoms with Crippen molar-refractivity contribution in [1.29, 1.82) is 0 Å². The molecule has 0 bridgehead atoms. The average molecular weight is 208 g/mol. The van der Waals surface area contributed by atoms with E-state index in [9.17, 15) is 5.11 Å². The largest absolute Gasteiger partial charge is 0.389 e. The molecule has 3 nitrogen and oxygen atoms in total. The fourth-order valence-electron chi connectivity index (χ4n) is 1.55. The minimum Gasteiger partial charge on any atom is -0.389 e. The molecule has 0 spiro atoms. The fraction of sp³-hybridized carbons (Fsp3) is 0.583. The topological polar surface area (TPSA) is 36.4 Å². The van der Waals surface area contributed by atoms with Gasteiger partial charge >= 0.3 is 0 Å². The maximum absolute atomic E-state index is 9.92. The molecule has 84 valence electrons. The Morgan fingerprint density at radius 3 is 2.53 bits per heavy atom. The molecule has 0 aromatic carbocycles. The molecule has 0 saturated heterocycles. The molecule has 0 aliphatic rings. The minimum absolute atomic E-state index is 0.595. The Labute approximate surface area is 91.8 Å². The summed E-state index contributed by atoms with van der Waals surface area (Å²) in [5.74, 6) is 0. The Hall–Kier alpha value is -0.930. The van der Waals surface area contributed by atoms with Gasteiger partial charge in [0.2, 0.25) is 0 Å². The third-order valence-electron chi connectivity index (χ3n) is 2.57. The van der Waals surface area contributed by atoms with Crippen LogP contribution in [0.1, 0.15) is 25.8 Å². The molecule has 0 radical (unpaired) electrons. The van der Waals surface area contributed by atoms with E-state index in [4.69, 9.17) is 0 Å². The highest BCUT2D eigenvalue weighted by molar-refractivity contribution is 5.09. The van der Waals surface area contributed by atoms with Gasteiger partial charge in [-0.05, 0) is 38.1 Å². The molecular weight excluding hydrogens is 188 g/mol. The molecule has 15 heavy (non-hydrogen) atoms. The smallest absolute Gasteiger partial charge is 0.0743 e. The predicted molar refractivity (Wildman–Crippen MR) is 61.5 cm³/mol. The summed E-state index contributed by atoms with van der Waals surface area (Å²) < 4.78 is 0. The monoisotopic (exact) mass is 208 g/mol. The van der Waals surface area contributed by atoms with Gasteiger partial charge in [-0.25, -0.2) is 0 Å². The first kappa shape index (κ1) is 12.1. The first-order valence-electron chi connectivity index (χ1n) is 5.33. The maximum Gasteiger partial charge on any atom is 0.0743 e. The van der Waals surface area contributed by atoms with Crippen molar-refractivity contribution in [3.63, 3.8) is 0 Å². The average Bonchev–Trinajstić information content (AvgIpc) is 2.18. The molecule has 0 aliphatic carbocycles. The summed E-state index contributed by atoms with van der Waals surface area (Å²) in [5.41, 5.74) is 0.626. The van der Waals surface area contributed by atoms with Crippen LogP contribution in [0.25, 0.3) is 0 Å². The normalized spacial score (nSPS) is 15.3. The van der Waals surface area contributed by atoms with E-state index in [1.54, 1.807) is 12.4 Å². The Balaban J connectivity index is 2.46. The Morgan fingerprint density at radius 1 is 1.40 bits per heavy atom. The van der Waals surface area contributed by atoms with E-state index >= 15 is 0 Å². The van der Waals surface area contributed by atoms with Crippen LogP contribution in [-0.2, 0) is 6.54 Å². The Bertz CT molecular complexity index is 285. The molecule has 1 unspecified atom stereocenters. The van der Waals surface area contributed by atoms with Crippen molar-refractivity contribution < 1.29 is 5.11 Å². The highest BCUT2D eigenvalue weighted by atomic mass is 16.3. The number of aliphatic hydroxyl groups is 1. The maximum atomic E-state index is 9.92. The lowest BCUT2D eigenvalue weighted by molar-refractivity contribution is 0.0218. The quantitative estimate of drug-likeness (QED) is 0.799. The zero-order chi connectivity index (χ0) is 11.3. The van der Waals surface area contributed by atoms with Gasteiger partial charge < -0.3 is 5.11 Å². The molecular formula is C12H20N2O. The van der Waals surface area contributed by atoms with Crippen molar-refractivity contribution in [2.45, 2.75) is 32.4 Å². The molecule has 1 rings (SSSR count). The second-order valence-electron chi connectivity index (χ2n) is 4.38. The number of aromatic nitrogens is 1. The molecule has 1 aromatic heterocycles. The lowest BCUT2D eigenvalue weighted by Gasteiger charge is -2.27. The van der Waals surface area contributed by atoms with E-state index in [0.717, 1.165) is 13.0 Å². The molecule has 0 amide bonds. The van der Waals surface area contributed by atoms with Crippen molar-refractivity contribution in [2.24, 2.45) is 0 Å². The third-order valence-corrected chi connectivity index (χ3v) is 2.57. The lowest BCUT2D eigenvalue weighted by Crippen LogP contribution is -2.37. The Morgan fingerprint density at radius 2 is 2.00 bits per heavy atom. The molecule has 1 atom stereocenters. The zero-order valence-electron chi connectivity index (χ0n) is 9.77. The summed E-state index contributed by atoms with van der Waals surface area (Å²) in [5, 5.41) is 9.92. The van der Waals surface area contributed by atoms with E-state index in [2.05, 4.69) is 9.88 Å². The van der Waals surface area contributed by atoms with Gasteiger partial charge in [-0.1, -0.05) is 6.92 Å². The Kier molecular flexibility index (Phi) is 4.24. The van der Waals surface area contributed by atoms with Crippen molar-refractivity contribution in [3.8, 4) is 0 Å². The first-order valence-corrected chi connectivity index (χ1v) is 5.33. The zero-order valence-corrected chi connectivity index (χ0v) is 9.77. The second kappa shape index (κ2) is 5.24. The number of hydrogen-bond donors (Lipinski definition) is 1. The summed E-state index contributed by atoms with van der Waals surface area (Å²) in [4.78, 5) is 6.10. The van der Waals surface area contributed by atoms with Gasteiger partial charge in [-0.2, -0.15) is 0 Å². The summed E-state index contributed by atoms with van der Waals surface area (Å²) in [6.07, 6.45) is 4.36. The van der Waals surface area contributed by atoms with Gasteiger partial charge in [0.15, 0.2) is 0 Å². The molecule has 1 N–H and O–H groups in total. The van der Waals surface area contributed by atoms with E-state index in [1.807, 2.05) is 33.0 Å². The number of nitrogens with zero attached hydrogens (tertiary/aromatic N) is 2. The van der Waals surface area contributed by atoms with E-state index in [0.29, 0.717) is 6.54 Å². The van der Waals surface area contributed by atoms with E-state index < -0.39 is 5.60 Å². The summed E-state index contributed by atoms with van der Waals surface area (Å²) in [7, 11) is 2.02. The summed E-state index contributed by atoms with van der Waals surface area (Å²) >= 11 is 0. The first-order chi connectivity index (χ1) is 7.03. The van der Waals surface area contributed by atoms with Crippen LogP contribution < -0.4 is 0 Å². The van der Waals surface area contributed by atoms with E-state index in [1.165, 1.54) is 5.56 Å². The standard InChI is InChI=1S/C12H20N2O/c1-4-12(2,15)10-14(3)9-11-5-7-13-8-6-11/h5-8,15H,4,9-10H2,1-3H3. The van der Waals surface area contributed by atoms with Gasteiger partial charge in [0.05, 0.1) is 5.60 Å². The van der Waals surface area contributed by atoms with Crippen molar-refractivity contribution in [3.05, 3.63) is 30.1 Å². The lowest BCUT2D eigenvalue weighted by atomic mass is 10.0. The summed E-state index contributed by atoms with van der Waals surface area (Å²) in [6.45, 7) is 5.40. The number of likely N-dealkylation sites (N-methyl/N-ethyl adjacent to an activating group) is 1. The van der Waals surface area contributed by atoms with Gasteiger partial charge in [-0.3, -0.25) is 9.88 Å². The van der Waals surface area contributed by atoms with Crippen LogP contribution in [-0.4, -0.2) is 34.2 Å². The second-order valence-corrected chi connectivity index (χ2v) is 4.38. The van der Waals surface area contributed by atoms with Crippen LogP contribution in [0.2, 0.25) is 0 Å². The fourth-order valence-corrected chi connectivity index (χ4v) is 1.55. The van der Waals surface area contributed by atoms with Gasteiger partial charge in [0.25, 0.3) is 0 Å². The number of rotatable bonds is 5. The minimum atomic E-state index is -0.595. The van der Waals surface area contributed by atoms with Crippen molar-refractivity contribution in [2.75, 3.05) is 13.6 Å². The molecule has 3 heteroatoms. The summed E-state index contributed by atoms with van der Waals surface area (Å²) in [6, 6.07) is 3.99.